The minimum absolute atomic E-state index is 0.0427. The van der Waals surface area contributed by atoms with Crippen LogP contribution in [0.5, 0.6) is 0 Å². The van der Waals surface area contributed by atoms with Crippen molar-refractivity contribution in [3.8, 4) is 0 Å². The van der Waals surface area contributed by atoms with E-state index in [1.807, 2.05) is 6.92 Å². The largest absolute Gasteiger partial charge is 0.389 e. The number of alkyl halides is 3. The third-order valence-electron chi connectivity index (χ3n) is 2.59. The number of piperazine rings is 1. The fraction of sp³-hybridized carbons (Fsp3) is 1.00. The zero-order valence-corrected chi connectivity index (χ0v) is 10.4. The zero-order valence-electron chi connectivity index (χ0n) is 9.63. The van der Waals surface area contributed by atoms with E-state index in [0.29, 0.717) is 19.6 Å². The van der Waals surface area contributed by atoms with Gasteiger partial charge in [-0.25, -0.2) is 8.42 Å². The Morgan fingerprint density at radius 3 is 2.59 bits per heavy atom. The number of hydrogen-bond acceptors (Lipinski definition) is 3. The van der Waals surface area contributed by atoms with E-state index in [9.17, 15) is 21.6 Å². The van der Waals surface area contributed by atoms with Crippen molar-refractivity contribution in [2.75, 3.05) is 25.4 Å². The molecule has 0 radical (unpaired) electrons. The summed E-state index contributed by atoms with van der Waals surface area (Å²) < 4.78 is 60.5. The smallest absolute Gasteiger partial charge is 0.312 e. The maximum atomic E-state index is 11.9. The summed E-state index contributed by atoms with van der Waals surface area (Å²) in [5.41, 5.74) is 0. The van der Waals surface area contributed by atoms with Crippen LogP contribution >= 0.6 is 0 Å². The molecular formula is C9H17F3N2O2S. The SMILES string of the molecule is C[C@@H]1CN(S(=O)(=O)CCCC(F)(F)F)CCN1. The van der Waals surface area contributed by atoms with E-state index in [1.165, 1.54) is 4.31 Å². The van der Waals surface area contributed by atoms with E-state index in [1.54, 1.807) is 0 Å². The van der Waals surface area contributed by atoms with Crippen molar-refractivity contribution in [2.45, 2.75) is 32.0 Å². The zero-order chi connectivity index (χ0) is 13.1. The van der Waals surface area contributed by atoms with Crippen molar-refractivity contribution in [1.82, 2.24) is 9.62 Å². The van der Waals surface area contributed by atoms with Gasteiger partial charge in [-0.2, -0.15) is 17.5 Å². The third kappa shape index (κ3) is 5.22. The molecule has 8 heteroatoms. The van der Waals surface area contributed by atoms with Gasteiger partial charge in [0.1, 0.15) is 0 Å². The predicted molar refractivity (Wildman–Crippen MR) is 58.1 cm³/mol. The lowest BCUT2D eigenvalue weighted by molar-refractivity contribution is -0.134. The molecule has 1 saturated heterocycles. The number of hydrogen-bond donors (Lipinski definition) is 1. The van der Waals surface area contributed by atoms with Gasteiger partial charge in [-0.1, -0.05) is 0 Å². The summed E-state index contributed by atoms with van der Waals surface area (Å²) in [6, 6.07) is 0.0427. The van der Waals surface area contributed by atoms with Crippen molar-refractivity contribution in [3.63, 3.8) is 0 Å². The van der Waals surface area contributed by atoms with E-state index in [-0.39, 0.29) is 12.5 Å². The van der Waals surface area contributed by atoms with Gasteiger partial charge < -0.3 is 5.32 Å². The monoisotopic (exact) mass is 274 g/mol. The molecule has 1 fully saturated rings. The normalized spacial score (nSPS) is 23.9. The molecule has 0 saturated carbocycles. The Balaban J connectivity index is 2.45. The Hall–Kier alpha value is -0.340. The first kappa shape index (κ1) is 14.7. The van der Waals surface area contributed by atoms with Gasteiger partial charge in [0.25, 0.3) is 0 Å². The lowest BCUT2D eigenvalue weighted by atomic mass is 10.3. The van der Waals surface area contributed by atoms with Gasteiger partial charge >= 0.3 is 6.18 Å². The Kier molecular flexibility index (Phi) is 4.79. The van der Waals surface area contributed by atoms with Crippen LogP contribution in [0.3, 0.4) is 0 Å². The average molecular weight is 274 g/mol. The van der Waals surface area contributed by atoms with E-state index >= 15 is 0 Å². The molecule has 0 aromatic heterocycles. The summed E-state index contributed by atoms with van der Waals surface area (Å²) in [4.78, 5) is 0. The minimum atomic E-state index is -4.29. The van der Waals surface area contributed by atoms with Crippen molar-refractivity contribution in [2.24, 2.45) is 0 Å². The van der Waals surface area contributed by atoms with Gasteiger partial charge in [0.15, 0.2) is 0 Å². The fourth-order valence-electron chi connectivity index (χ4n) is 1.73. The highest BCUT2D eigenvalue weighted by atomic mass is 32.2. The van der Waals surface area contributed by atoms with Crippen LogP contribution in [0, 0.1) is 0 Å². The summed E-state index contributed by atoms with van der Waals surface area (Å²) in [6.45, 7) is 3.05. The first-order chi connectivity index (χ1) is 7.71. The van der Waals surface area contributed by atoms with E-state index in [2.05, 4.69) is 5.32 Å². The molecule has 4 nitrogen and oxygen atoms in total. The Bertz CT molecular complexity index is 343. The number of halogens is 3. The number of sulfonamides is 1. The maximum absolute atomic E-state index is 11.9. The summed E-state index contributed by atoms with van der Waals surface area (Å²) in [5, 5.41) is 3.08. The highest BCUT2D eigenvalue weighted by Crippen LogP contribution is 2.22. The predicted octanol–water partition coefficient (Wildman–Crippen LogP) is 0.952. The van der Waals surface area contributed by atoms with Gasteiger partial charge in [0, 0.05) is 32.1 Å². The molecule has 1 aliphatic heterocycles. The molecule has 0 aromatic carbocycles. The van der Waals surface area contributed by atoms with Crippen LogP contribution in [0.4, 0.5) is 13.2 Å². The van der Waals surface area contributed by atoms with Gasteiger partial charge in [-0.15, -0.1) is 0 Å². The molecule has 17 heavy (non-hydrogen) atoms. The Morgan fingerprint density at radius 1 is 1.41 bits per heavy atom. The molecular weight excluding hydrogens is 257 g/mol. The number of nitrogens with one attached hydrogen (secondary N) is 1. The summed E-state index contributed by atoms with van der Waals surface area (Å²) in [6.07, 6.45) is -5.70. The third-order valence-corrected chi connectivity index (χ3v) is 4.51. The summed E-state index contributed by atoms with van der Waals surface area (Å²) in [5.74, 6) is -0.431. The van der Waals surface area contributed by atoms with Crippen LogP contribution in [-0.2, 0) is 10.0 Å². The van der Waals surface area contributed by atoms with Crippen LogP contribution in [-0.4, -0.2) is 50.3 Å². The topological polar surface area (TPSA) is 49.4 Å². The lowest BCUT2D eigenvalue weighted by Gasteiger charge is -2.31. The molecule has 1 aliphatic rings. The van der Waals surface area contributed by atoms with Crippen LogP contribution < -0.4 is 5.32 Å². The van der Waals surface area contributed by atoms with Crippen LogP contribution in [0.25, 0.3) is 0 Å². The first-order valence-electron chi connectivity index (χ1n) is 5.49. The Morgan fingerprint density at radius 2 is 2.06 bits per heavy atom. The van der Waals surface area contributed by atoms with E-state index < -0.39 is 28.4 Å². The van der Waals surface area contributed by atoms with Gasteiger partial charge in [-0.3, -0.25) is 0 Å². The molecule has 102 valence electrons. The molecule has 0 amide bonds. The van der Waals surface area contributed by atoms with Crippen molar-refractivity contribution in [1.29, 1.82) is 0 Å². The first-order valence-corrected chi connectivity index (χ1v) is 7.09. The van der Waals surface area contributed by atoms with Crippen molar-refractivity contribution >= 4 is 10.0 Å². The molecule has 1 atom stereocenters. The number of rotatable bonds is 4. The van der Waals surface area contributed by atoms with Gasteiger partial charge in [-0.05, 0) is 13.3 Å². The van der Waals surface area contributed by atoms with Gasteiger partial charge in [0.2, 0.25) is 10.0 Å². The highest BCUT2D eigenvalue weighted by Gasteiger charge is 2.30. The molecule has 1 rings (SSSR count). The fourth-order valence-corrected chi connectivity index (χ4v) is 3.32. The second-order valence-corrected chi connectivity index (χ2v) is 6.34. The van der Waals surface area contributed by atoms with Crippen LogP contribution in [0.15, 0.2) is 0 Å². The minimum Gasteiger partial charge on any atom is -0.312 e. The quantitative estimate of drug-likeness (QED) is 0.830. The molecule has 0 spiro atoms. The summed E-state index contributed by atoms with van der Waals surface area (Å²) in [7, 11) is -3.55. The van der Waals surface area contributed by atoms with Crippen molar-refractivity contribution in [3.05, 3.63) is 0 Å². The highest BCUT2D eigenvalue weighted by molar-refractivity contribution is 7.89. The summed E-state index contributed by atoms with van der Waals surface area (Å²) >= 11 is 0. The molecule has 0 bridgehead atoms. The van der Waals surface area contributed by atoms with Gasteiger partial charge in [0.05, 0.1) is 5.75 Å². The van der Waals surface area contributed by atoms with Crippen molar-refractivity contribution < 1.29 is 21.6 Å². The van der Waals surface area contributed by atoms with Crippen LogP contribution in [0.2, 0.25) is 0 Å². The molecule has 0 unspecified atom stereocenters. The van der Waals surface area contributed by atoms with E-state index in [4.69, 9.17) is 0 Å². The van der Waals surface area contributed by atoms with Crippen LogP contribution in [0.1, 0.15) is 19.8 Å². The van der Waals surface area contributed by atoms with E-state index in [0.717, 1.165) is 0 Å². The molecule has 0 aliphatic carbocycles. The maximum Gasteiger partial charge on any atom is 0.389 e. The number of nitrogens with zero attached hydrogens (tertiary/aromatic N) is 1. The molecule has 1 N–H and O–H groups in total. The molecule has 0 aromatic rings. The molecule has 1 heterocycles. The second-order valence-electron chi connectivity index (χ2n) is 4.25. The lowest BCUT2D eigenvalue weighted by Crippen LogP contribution is -2.51. The standard InChI is InChI=1S/C9H17F3N2O2S/c1-8-7-14(5-4-13-8)17(15,16)6-2-3-9(10,11)12/h8,13H,2-7H2,1H3/t8-/m1/s1. The Labute approximate surface area is 99.2 Å². The average Bonchev–Trinajstić information content (AvgIpc) is 2.15. The second kappa shape index (κ2) is 5.53.